The minimum Gasteiger partial charge on any atom is -0.483 e. The lowest BCUT2D eigenvalue weighted by Gasteiger charge is -2.30. The van der Waals surface area contributed by atoms with Crippen molar-refractivity contribution in [2.24, 2.45) is 7.05 Å². The van der Waals surface area contributed by atoms with Gasteiger partial charge in [-0.25, -0.2) is 0 Å². The lowest BCUT2D eigenvalue weighted by atomic mass is 10.0. The molecule has 1 aliphatic heterocycles. The van der Waals surface area contributed by atoms with E-state index in [0.29, 0.717) is 24.7 Å². The Hall–Kier alpha value is -2.89. The molecule has 0 bridgehead atoms. The van der Waals surface area contributed by atoms with E-state index >= 15 is 0 Å². The van der Waals surface area contributed by atoms with E-state index in [1.54, 1.807) is 6.20 Å². The van der Waals surface area contributed by atoms with Crippen LogP contribution in [0.2, 0.25) is 0 Å². The summed E-state index contributed by atoms with van der Waals surface area (Å²) < 4.78 is 20.2. The molecule has 156 valence electrons. The van der Waals surface area contributed by atoms with Gasteiger partial charge >= 0.3 is 0 Å². The number of ether oxygens (including phenoxy) is 3. The number of nitrogens with zero attached hydrogens (tertiary/aromatic N) is 1. The largest absolute Gasteiger partial charge is 0.483 e. The molecular formula is C25H27NO4. The lowest BCUT2D eigenvalue weighted by Crippen LogP contribution is -2.27. The Morgan fingerprint density at radius 2 is 1.77 bits per heavy atom. The molecule has 0 saturated carbocycles. The van der Waals surface area contributed by atoms with Crippen molar-refractivity contribution < 1.29 is 14.2 Å². The molecular weight excluding hydrogens is 378 g/mol. The maximum atomic E-state index is 12.8. The summed E-state index contributed by atoms with van der Waals surface area (Å²) in [6.45, 7) is 1.01. The van der Waals surface area contributed by atoms with Gasteiger partial charge < -0.3 is 18.8 Å². The highest BCUT2D eigenvalue weighted by atomic mass is 16.7. The van der Waals surface area contributed by atoms with Gasteiger partial charge in [0.15, 0.2) is 12.0 Å². The molecule has 1 aliphatic rings. The summed E-state index contributed by atoms with van der Waals surface area (Å²) in [7, 11) is 1.91. The Kier molecular flexibility index (Phi) is 6.62. The van der Waals surface area contributed by atoms with Crippen LogP contribution in [0.4, 0.5) is 0 Å². The van der Waals surface area contributed by atoms with Crippen LogP contribution in [0, 0.1) is 0 Å². The molecule has 2 atom stereocenters. The molecule has 0 N–H and O–H groups in total. The van der Waals surface area contributed by atoms with Gasteiger partial charge in [-0.05, 0) is 30.4 Å². The van der Waals surface area contributed by atoms with Gasteiger partial charge in [-0.15, -0.1) is 0 Å². The van der Waals surface area contributed by atoms with Gasteiger partial charge in [0, 0.05) is 25.9 Å². The molecule has 1 saturated heterocycles. The third-order valence-electron chi connectivity index (χ3n) is 5.29. The molecule has 2 unspecified atom stereocenters. The van der Waals surface area contributed by atoms with Gasteiger partial charge in [0.25, 0.3) is 0 Å². The third-order valence-corrected chi connectivity index (χ3v) is 5.29. The van der Waals surface area contributed by atoms with Gasteiger partial charge in [-0.3, -0.25) is 4.79 Å². The van der Waals surface area contributed by atoms with Crippen LogP contribution < -0.4 is 10.2 Å². The third kappa shape index (κ3) is 4.81. The van der Waals surface area contributed by atoms with E-state index in [1.165, 1.54) is 6.07 Å². The number of pyridine rings is 1. The maximum Gasteiger partial charge on any atom is 0.223 e. The predicted octanol–water partition coefficient (Wildman–Crippen LogP) is 4.60. The number of rotatable bonds is 7. The summed E-state index contributed by atoms with van der Waals surface area (Å²) in [5.74, 6) is 0.313. The van der Waals surface area contributed by atoms with Crippen molar-refractivity contribution in [3.05, 3.63) is 100.0 Å². The van der Waals surface area contributed by atoms with Crippen molar-refractivity contribution >= 4 is 0 Å². The van der Waals surface area contributed by atoms with Crippen LogP contribution in [-0.4, -0.2) is 17.5 Å². The number of hydrogen-bond donors (Lipinski definition) is 0. The van der Waals surface area contributed by atoms with E-state index in [9.17, 15) is 4.79 Å². The molecule has 5 nitrogen and oxygen atoms in total. The molecule has 0 amide bonds. The quantitative estimate of drug-likeness (QED) is 0.577. The summed E-state index contributed by atoms with van der Waals surface area (Å²) in [4.78, 5) is 12.8. The van der Waals surface area contributed by atoms with Crippen LogP contribution >= 0.6 is 0 Å². The average molecular weight is 405 g/mol. The predicted molar refractivity (Wildman–Crippen MR) is 115 cm³/mol. The zero-order valence-corrected chi connectivity index (χ0v) is 17.2. The second kappa shape index (κ2) is 9.74. The van der Waals surface area contributed by atoms with Gasteiger partial charge in [-0.1, -0.05) is 60.7 Å². The fraction of sp³-hybridized carbons (Fsp3) is 0.320. The molecule has 2 heterocycles. The van der Waals surface area contributed by atoms with Gasteiger partial charge in [0.1, 0.15) is 12.7 Å². The fourth-order valence-electron chi connectivity index (χ4n) is 3.70. The molecule has 30 heavy (non-hydrogen) atoms. The fourth-order valence-corrected chi connectivity index (χ4v) is 3.70. The molecule has 0 aliphatic carbocycles. The molecule has 0 radical (unpaired) electrons. The molecule has 5 heteroatoms. The first kappa shape index (κ1) is 20.4. The minimum atomic E-state index is -0.473. The highest BCUT2D eigenvalue weighted by Gasteiger charge is 2.28. The van der Waals surface area contributed by atoms with Crippen molar-refractivity contribution in [1.29, 1.82) is 0 Å². The van der Waals surface area contributed by atoms with Crippen LogP contribution in [0.1, 0.15) is 42.2 Å². The maximum absolute atomic E-state index is 12.8. The second-order valence-corrected chi connectivity index (χ2v) is 7.50. The van der Waals surface area contributed by atoms with Crippen LogP contribution in [0.25, 0.3) is 0 Å². The molecule has 4 rings (SSSR count). The normalized spacial score (nSPS) is 17.4. The van der Waals surface area contributed by atoms with Gasteiger partial charge in [0.2, 0.25) is 5.43 Å². The first-order chi connectivity index (χ1) is 14.7. The highest BCUT2D eigenvalue weighted by molar-refractivity contribution is 5.37. The van der Waals surface area contributed by atoms with Crippen molar-refractivity contribution in [3.63, 3.8) is 0 Å². The second-order valence-electron chi connectivity index (χ2n) is 7.50. The number of hydrogen-bond acceptors (Lipinski definition) is 4. The SMILES string of the molecule is Cn1ccc(=O)c(OCc2ccccc2)c1C(OC1CCCCO1)c1ccccc1. The molecule has 3 aromatic rings. The standard InChI is InChI=1S/C25H27NO4/c1-26-16-15-21(27)25(29-18-19-10-4-2-5-11-19)23(26)24(20-12-6-3-7-13-20)30-22-14-8-9-17-28-22/h2-7,10-13,15-16,22,24H,8-9,14,17-18H2,1H3. The van der Waals surface area contributed by atoms with Crippen molar-refractivity contribution in [3.8, 4) is 5.75 Å². The van der Waals surface area contributed by atoms with Crippen LogP contribution in [-0.2, 0) is 23.1 Å². The molecule has 2 aromatic carbocycles. The van der Waals surface area contributed by atoms with Crippen LogP contribution in [0.15, 0.2) is 77.7 Å². The Balaban J connectivity index is 1.71. The molecule has 0 spiro atoms. The monoisotopic (exact) mass is 405 g/mol. The van der Waals surface area contributed by atoms with Crippen LogP contribution in [0.5, 0.6) is 5.75 Å². The van der Waals surface area contributed by atoms with E-state index in [2.05, 4.69) is 0 Å². The van der Waals surface area contributed by atoms with E-state index in [0.717, 1.165) is 30.4 Å². The van der Waals surface area contributed by atoms with Gasteiger partial charge in [0.05, 0.1) is 5.69 Å². The lowest BCUT2D eigenvalue weighted by molar-refractivity contribution is -0.182. The zero-order valence-electron chi connectivity index (χ0n) is 17.2. The average Bonchev–Trinajstić information content (AvgIpc) is 2.80. The minimum absolute atomic E-state index is 0.159. The zero-order chi connectivity index (χ0) is 20.8. The Morgan fingerprint density at radius 1 is 1.03 bits per heavy atom. The Bertz CT molecular complexity index is 995. The first-order valence-electron chi connectivity index (χ1n) is 10.4. The summed E-state index contributed by atoms with van der Waals surface area (Å²) >= 11 is 0. The van der Waals surface area contributed by atoms with Crippen molar-refractivity contribution in [1.82, 2.24) is 4.57 Å². The Labute approximate surface area is 176 Å². The van der Waals surface area contributed by atoms with Crippen LogP contribution in [0.3, 0.4) is 0 Å². The number of benzene rings is 2. The van der Waals surface area contributed by atoms with Crippen molar-refractivity contribution in [2.45, 2.75) is 38.3 Å². The molecule has 1 aromatic heterocycles. The van der Waals surface area contributed by atoms with Gasteiger partial charge in [-0.2, -0.15) is 0 Å². The Morgan fingerprint density at radius 3 is 2.47 bits per heavy atom. The topological polar surface area (TPSA) is 49.7 Å². The highest BCUT2D eigenvalue weighted by Crippen LogP contribution is 2.33. The summed E-state index contributed by atoms with van der Waals surface area (Å²) in [5, 5.41) is 0. The van der Waals surface area contributed by atoms with Crippen molar-refractivity contribution in [2.75, 3.05) is 6.61 Å². The summed E-state index contributed by atoms with van der Waals surface area (Å²) in [6, 6.07) is 21.3. The molecule has 1 fully saturated rings. The first-order valence-corrected chi connectivity index (χ1v) is 10.4. The number of aryl methyl sites for hydroxylation is 1. The number of aromatic nitrogens is 1. The van der Waals surface area contributed by atoms with E-state index < -0.39 is 6.10 Å². The smallest absolute Gasteiger partial charge is 0.223 e. The van der Waals surface area contributed by atoms with E-state index in [-0.39, 0.29) is 11.7 Å². The summed E-state index contributed by atoms with van der Waals surface area (Å²) in [5.41, 5.74) is 2.49. The van der Waals surface area contributed by atoms with E-state index in [1.807, 2.05) is 72.3 Å². The summed E-state index contributed by atoms with van der Waals surface area (Å²) in [6.07, 6.45) is 3.93. The van der Waals surface area contributed by atoms with E-state index in [4.69, 9.17) is 14.2 Å².